The van der Waals surface area contributed by atoms with E-state index >= 15 is 0 Å². The average Bonchev–Trinajstić information content (AvgIpc) is 3.67. The molecule has 0 unspecified atom stereocenters. The van der Waals surface area contributed by atoms with E-state index in [9.17, 15) is 14.4 Å². The summed E-state index contributed by atoms with van der Waals surface area (Å²) in [5, 5.41) is 3.12. The number of carbonyl (C=O) groups is 3. The molecule has 3 fully saturated rings. The van der Waals surface area contributed by atoms with Gasteiger partial charge < -0.3 is 19.9 Å². The Morgan fingerprint density at radius 3 is 2.46 bits per heavy atom. The highest BCUT2D eigenvalue weighted by Crippen LogP contribution is 2.51. The van der Waals surface area contributed by atoms with Crippen LogP contribution in [-0.4, -0.2) is 60.3 Å². The average molecular weight is 530 g/mol. The number of fused-ring (bicyclic) bond motifs is 2. The summed E-state index contributed by atoms with van der Waals surface area (Å²) in [6, 6.07) is 15.9. The first kappa shape index (κ1) is 25.9. The zero-order valence-corrected chi connectivity index (χ0v) is 22.9. The van der Waals surface area contributed by atoms with E-state index in [1.807, 2.05) is 40.1 Å². The van der Waals surface area contributed by atoms with E-state index in [-0.39, 0.29) is 35.6 Å². The van der Waals surface area contributed by atoms with Crippen LogP contribution in [0.3, 0.4) is 0 Å². The Balaban J connectivity index is 1.25. The monoisotopic (exact) mass is 529 g/mol. The highest BCUT2D eigenvalue weighted by atomic mass is 16.5. The number of carbonyl (C=O) groups excluding carboxylic acids is 3. The Bertz CT molecular complexity index is 1240. The molecule has 7 nitrogen and oxygen atoms in total. The van der Waals surface area contributed by atoms with Gasteiger partial charge in [0, 0.05) is 38.1 Å². The van der Waals surface area contributed by atoms with Crippen molar-refractivity contribution in [2.24, 2.45) is 11.8 Å². The molecule has 2 aliphatic carbocycles. The summed E-state index contributed by atoms with van der Waals surface area (Å²) < 4.78 is 5.33. The number of nitrogens with one attached hydrogen (secondary N) is 1. The number of rotatable bonds is 4. The first-order valence-electron chi connectivity index (χ1n) is 14.6. The lowest BCUT2D eigenvalue weighted by Gasteiger charge is -2.36. The van der Waals surface area contributed by atoms with Crippen molar-refractivity contribution in [1.29, 1.82) is 0 Å². The smallest absolute Gasteiger partial charge is 0.233 e. The van der Waals surface area contributed by atoms with Crippen molar-refractivity contribution in [2.75, 3.05) is 26.7 Å². The van der Waals surface area contributed by atoms with Crippen LogP contribution in [0.5, 0.6) is 5.75 Å². The van der Waals surface area contributed by atoms with Crippen LogP contribution < -0.4 is 10.1 Å². The molecular formula is C32H39N3O4. The van der Waals surface area contributed by atoms with Crippen LogP contribution in [0.15, 0.2) is 48.5 Å². The zero-order chi connectivity index (χ0) is 27.0. The minimum Gasteiger partial charge on any atom is -0.497 e. The lowest BCUT2D eigenvalue weighted by Crippen LogP contribution is -2.51. The minimum atomic E-state index is -0.532. The molecule has 4 aliphatic rings. The molecule has 2 aromatic rings. The van der Waals surface area contributed by atoms with Gasteiger partial charge in [-0.2, -0.15) is 0 Å². The molecular weight excluding hydrogens is 490 g/mol. The van der Waals surface area contributed by atoms with Crippen molar-refractivity contribution in [1.82, 2.24) is 15.1 Å². The summed E-state index contributed by atoms with van der Waals surface area (Å²) in [6.07, 6.45) is 6.33. The number of amides is 3. The van der Waals surface area contributed by atoms with Crippen molar-refractivity contribution in [3.8, 4) is 5.75 Å². The van der Waals surface area contributed by atoms with Crippen molar-refractivity contribution in [2.45, 2.75) is 69.4 Å². The summed E-state index contributed by atoms with van der Waals surface area (Å²) in [7, 11) is 1.64. The predicted molar refractivity (Wildman–Crippen MR) is 148 cm³/mol. The lowest BCUT2D eigenvalue weighted by atomic mass is 9.91. The van der Waals surface area contributed by atoms with Crippen LogP contribution in [-0.2, 0) is 32.8 Å². The van der Waals surface area contributed by atoms with E-state index in [2.05, 4.69) is 23.5 Å². The van der Waals surface area contributed by atoms with Gasteiger partial charge in [-0.05, 0) is 80.2 Å². The normalized spacial score (nSPS) is 26.2. The second-order valence-corrected chi connectivity index (χ2v) is 11.8. The number of hydrogen-bond donors (Lipinski definition) is 1. The molecule has 2 heterocycles. The number of benzene rings is 2. The molecule has 3 amide bonds. The van der Waals surface area contributed by atoms with Gasteiger partial charge in [-0.25, -0.2) is 0 Å². The zero-order valence-electron chi connectivity index (χ0n) is 22.9. The fourth-order valence-corrected chi connectivity index (χ4v) is 7.07. The summed E-state index contributed by atoms with van der Waals surface area (Å²) in [5.41, 5.74) is 3.00. The Morgan fingerprint density at radius 2 is 1.72 bits per heavy atom. The fraction of sp³-hybridized carbons (Fsp3) is 0.531. The van der Waals surface area contributed by atoms with Gasteiger partial charge in [0.25, 0.3) is 0 Å². The van der Waals surface area contributed by atoms with Crippen LogP contribution >= 0.6 is 0 Å². The maximum atomic E-state index is 14.3. The molecule has 0 bridgehead atoms. The largest absolute Gasteiger partial charge is 0.497 e. The Kier molecular flexibility index (Phi) is 7.08. The summed E-state index contributed by atoms with van der Waals surface area (Å²) in [4.78, 5) is 45.5. The molecule has 0 aromatic heterocycles. The highest BCUT2D eigenvalue weighted by Gasteiger charge is 2.56. The van der Waals surface area contributed by atoms with E-state index in [4.69, 9.17) is 4.74 Å². The highest BCUT2D eigenvalue weighted by molar-refractivity contribution is 5.93. The van der Waals surface area contributed by atoms with Crippen LogP contribution in [0.2, 0.25) is 0 Å². The SMILES string of the molecule is COc1ccc(C2(C(=O)N3CCCCCNC(=O)[C@H]4C[C@H](C(=O)N5CCc6ccccc6C5)C[C@H]43)CC2)cc1. The third-order valence-corrected chi connectivity index (χ3v) is 9.50. The third kappa shape index (κ3) is 4.92. The molecule has 7 heteroatoms. The quantitative estimate of drug-likeness (QED) is 0.653. The van der Waals surface area contributed by atoms with Gasteiger partial charge in [0.15, 0.2) is 0 Å². The molecule has 2 saturated carbocycles. The van der Waals surface area contributed by atoms with Gasteiger partial charge in [0.1, 0.15) is 5.75 Å². The van der Waals surface area contributed by atoms with E-state index in [1.165, 1.54) is 11.1 Å². The first-order valence-corrected chi connectivity index (χ1v) is 14.6. The van der Waals surface area contributed by atoms with Crippen LogP contribution in [0.1, 0.15) is 61.6 Å². The molecule has 1 saturated heterocycles. The predicted octanol–water partition coefficient (Wildman–Crippen LogP) is 3.84. The van der Waals surface area contributed by atoms with Gasteiger partial charge in [-0.1, -0.05) is 36.4 Å². The first-order chi connectivity index (χ1) is 19.0. The summed E-state index contributed by atoms with van der Waals surface area (Å²) in [5.74, 6) is 0.413. The van der Waals surface area contributed by atoms with E-state index in [0.29, 0.717) is 39.0 Å². The van der Waals surface area contributed by atoms with Gasteiger partial charge in [0.05, 0.1) is 18.4 Å². The van der Waals surface area contributed by atoms with E-state index < -0.39 is 5.41 Å². The number of ether oxygens (including phenoxy) is 1. The standard InChI is InChI=1S/C32H39N3O4/c1-39-26-11-9-25(10-12-26)32(14-15-32)31(38)35-17-6-2-5-16-33-29(36)27-19-24(20-28(27)35)30(37)34-18-13-22-7-3-4-8-23(22)21-34/h3-4,7-12,24,27-28H,2,5-6,13-21H2,1H3,(H,33,36)/t24-,27-,28+/m0/s1. The van der Waals surface area contributed by atoms with Gasteiger partial charge in [-0.3, -0.25) is 14.4 Å². The second kappa shape index (κ2) is 10.7. The van der Waals surface area contributed by atoms with Crippen molar-refractivity contribution >= 4 is 17.7 Å². The van der Waals surface area contributed by atoms with Gasteiger partial charge in [0.2, 0.25) is 17.7 Å². The van der Waals surface area contributed by atoms with Crippen molar-refractivity contribution < 1.29 is 19.1 Å². The van der Waals surface area contributed by atoms with E-state index in [1.54, 1.807) is 7.11 Å². The van der Waals surface area contributed by atoms with Crippen LogP contribution in [0.25, 0.3) is 0 Å². The van der Waals surface area contributed by atoms with Gasteiger partial charge in [-0.15, -0.1) is 0 Å². The summed E-state index contributed by atoms with van der Waals surface area (Å²) >= 11 is 0. The Morgan fingerprint density at radius 1 is 0.949 bits per heavy atom. The molecule has 2 aromatic carbocycles. The van der Waals surface area contributed by atoms with Crippen LogP contribution in [0, 0.1) is 11.8 Å². The number of hydrogen-bond acceptors (Lipinski definition) is 4. The molecule has 0 radical (unpaired) electrons. The molecule has 3 atom stereocenters. The van der Waals surface area contributed by atoms with Crippen molar-refractivity contribution in [3.63, 3.8) is 0 Å². The Hall–Kier alpha value is -3.35. The topological polar surface area (TPSA) is 79.0 Å². The van der Waals surface area contributed by atoms with Crippen molar-refractivity contribution in [3.05, 3.63) is 65.2 Å². The molecule has 2 aliphatic heterocycles. The minimum absolute atomic E-state index is 0.00622. The molecule has 6 rings (SSSR count). The summed E-state index contributed by atoms with van der Waals surface area (Å²) in [6.45, 7) is 2.63. The van der Waals surface area contributed by atoms with Crippen LogP contribution in [0.4, 0.5) is 0 Å². The second-order valence-electron chi connectivity index (χ2n) is 11.8. The Labute approximate surface area is 230 Å². The molecule has 39 heavy (non-hydrogen) atoms. The fourth-order valence-electron chi connectivity index (χ4n) is 7.07. The third-order valence-electron chi connectivity index (χ3n) is 9.50. The lowest BCUT2D eigenvalue weighted by molar-refractivity contribution is -0.140. The van der Waals surface area contributed by atoms with Gasteiger partial charge >= 0.3 is 0 Å². The maximum Gasteiger partial charge on any atom is 0.233 e. The number of nitrogens with zero attached hydrogens (tertiary/aromatic N) is 2. The van der Waals surface area contributed by atoms with E-state index in [0.717, 1.165) is 49.8 Å². The molecule has 1 N–H and O–H groups in total. The molecule has 206 valence electrons. The number of methoxy groups -OCH3 is 1. The molecule has 0 spiro atoms. The maximum absolute atomic E-state index is 14.3.